The van der Waals surface area contributed by atoms with E-state index in [9.17, 15) is 9.90 Å². The van der Waals surface area contributed by atoms with Crippen LogP contribution in [0.4, 0.5) is 4.79 Å². The van der Waals surface area contributed by atoms with Crippen molar-refractivity contribution in [2.45, 2.75) is 39.0 Å². The monoisotopic (exact) mass is 359 g/mol. The molecule has 6 heteroatoms. The first-order chi connectivity index (χ1) is 11.9. The summed E-state index contributed by atoms with van der Waals surface area (Å²) >= 11 is 0.843. The van der Waals surface area contributed by atoms with E-state index in [0.717, 1.165) is 41.1 Å². The molecule has 132 valence electrons. The molecule has 1 N–H and O–H groups in total. The van der Waals surface area contributed by atoms with E-state index in [1.165, 1.54) is 4.31 Å². The zero-order chi connectivity index (χ0) is 17.9. The zero-order valence-corrected chi connectivity index (χ0v) is 15.1. The molecule has 0 atom stereocenters. The number of nitrogens with zero attached hydrogens (tertiary/aromatic N) is 1. The lowest BCUT2D eigenvalue weighted by Gasteiger charge is -2.20. The lowest BCUT2D eigenvalue weighted by molar-refractivity contribution is 0.136. The Kier molecular flexibility index (Phi) is 5.20. The Bertz CT molecular complexity index is 748. The quantitative estimate of drug-likeness (QED) is 0.600. The minimum atomic E-state index is -1.05. The average molecular weight is 359 g/mol. The second-order valence-electron chi connectivity index (χ2n) is 6.59. The van der Waals surface area contributed by atoms with Crippen LogP contribution in [0.5, 0.6) is 5.75 Å². The Hall–Kier alpha value is -2.18. The summed E-state index contributed by atoms with van der Waals surface area (Å²) in [4.78, 5) is 11.6. The first kappa shape index (κ1) is 17.6. The average Bonchev–Trinajstić information content (AvgIpc) is 2.89. The number of carboxylic acid groups (broad SMARTS) is 1. The maximum absolute atomic E-state index is 11.6. The number of carbonyl (C=O) groups is 1. The van der Waals surface area contributed by atoms with Crippen LogP contribution in [-0.2, 0) is 23.8 Å². The van der Waals surface area contributed by atoms with Gasteiger partial charge in [-0.15, -0.1) is 0 Å². The van der Waals surface area contributed by atoms with Crippen molar-refractivity contribution in [1.29, 1.82) is 0 Å². The van der Waals surface area contributed by atoms with E-state index in [1.807, 2.05) is 62.4 Å². The van der Waals surface area contributed by atoms with Gasteiger partial charge in [-0.25, -0.2) is 9.10 Å². The van der Waals surface area contributed by atoms with E-state index in [1.54, 1.807) is 0 Å². The molecule has 0 fully saturated rings. The first-order valence-electron chi connectivity index (χ1n) is 8.08. The van der Waals surface area contributed by atoms with Crippen molar-refractivity contribution in [3.63, 3.8) is 0 Å². The Morgan fingerprint density at radius 2 is 2.00 bits per heavy atom. The lowest BCUT2D eigenvalue weighted by atomic mass is 10.0. The molecule has 2 aromatic carbocycles. The summed E-state index contributed by atoms with van der Waals surface area (Å²) in [5.41, 5.74) is 2.69. The molecular formula is C19H21NO4S. The molecule has 0 saturated heterocycles. The SMILES string of the molecule is CC1(C)Cc2cccc(CN(SOCc3ccccc3)C(=O)O)c2O1. The highest BCUT2D eigenvalue weighted by Crippen LogP contribution is 2.38. The summed E-state index contributed by atoms with van der Waals surface area (Å²) in [7, 11) is 0. The number of hydrogen-bond acceptors (Lipinski definition) is 4. The molecule has 1 heterocycles. The van der Waals surface area contributed by atoms with Crippen LogP contribution >= 0.6 is 12.2 Å². The summed E-state index contributed by atoms with van der Waals surface area (Å²) in [6, 6.07) is 15.5. The van der Waals surface area contributed by atoms with Crippen LogP contribution in [0.3, 0.4) is 0 Å². The maximum Gasteiger partial charge on any atom is 0.419 e. The smallest absolute Gasteiger partial charge is 0.419 e. The molecule has 0 unspecified atom stereocenters. The molecule has 1 aliphatic heterocycles. The Morgan fingerprint density at radius 1 is 1.24 bits per heavy atom. The number of fused-ring (bicyclic) bond motifs is 1. The van der Waals surface area contributed by atoms with E-state index in [0.29, 0.717) is 6.61 Å². The van der Waals surface area contributed by atoms with Gasteiger partial charge in [-0.2, -0.15) is 0 Å². The van der Waals surface area contributed by atoms with E-state index < -0.39 is 6.09 Å². The molecule has 2 aromatic rings. The lowest BCUT2D eigenvalue weighted by Crippen LogP contribution is -2.25. The van der Waals surface area contributed by atoms with E-state index in [-0.39, 0.29) is 12.1 Å². The van der Waals surface area contributed by atoms with Crippen molar-refractivity contribution < 1.29 is 18.8 Å². The summed E-state index contributed by atoms with van der Waals surface area (Å²) in [5, 5.41) is 9.47. The minimum Gasteiger partial charge on any atom is -0.487 e. The first-order valence-corrected chi connectivity index (χ1v) is 8.78. The van der Waals surface area contributed by atoms with Crippen LogP contribution in [0.2, 0.25) is 0 Å². The summed E-state index contributed by atoms with van der Waals surface area (Å²) < 4.78 is 12.7. The molecule has 0 bridgehead atoms. The molecule has 3 rings (SSSR count). The van der Waals surface area contributed by atoms with Crippen molar-refractivity contribution in [3.8, 4) is 5.75 Å². The second-order valence-corrected chi connectivity index (χ2v) is 7.41. The van der Waals surface area contributed by atoms with E-state index in [2.05, 4.69) is 0 Å². The van der Waals surface area contributed by atoms with E-state index >= 15 is 0 Å². The molecule has 0 aromatic heterocycles. The highest BCUT2D eigenvalue weighted by molar-refractivity contribution is 7.92. The van der Waals surface area contributed by atoms with Gasteiger partial charge < -0.3 is 9.84 Å². The number of rotatable bonds is 6. The summed E-state index contributed by atoms with van der Waals surface area (Å²) in [6.07, 6.45) is -0.228. The van der Waals surface area contributed by atoms with Gasteiger partial charge in [-0.05, 0) is 25.0 Å². The van der Waals surface area contributed by atoms with Gasteiger partial charge in [0.05, 0.1) is 13.2 Å². The van der Waals surface area contributed by atoms with Gasteiger partial charge >= 0.3 is 6.09 Å². The largest absolute Gasteiger partial charge is 0.487 e. The Labute approximate surface area is 151 Å². The third-order valence-electron chi connectivity index (χ3n) is 3.91. The third kappa shape index (κ3) is 4.46. The van der Waals surface area contributed by atoms with Gasteiger partial charge in [-0.3, -0.25) is 4.18 Å². The van der Waals surface area contributed by atoms with Crippen molar-refractivity contribution >= 4 is 18.3 Å². The fourth-order valence-electron chi connectivity index (χ4n) is 2.82. The molecule has 0 radical (unpaired) electrons. The van der Waals surface area contributed by atoms with Crippen LogP contribution in [0.1, 0.15) is 30.5 Å². The molecule has 5 nitrogen and oxygen atoms in total. The molecule has 1 amide bonds. The maximum atomic E-state index is 11.6. The topological polar surface area (TPSA) is 59.0 Å². The molecule has 0 aliphatic carbocycles. The van der Waals surface area contributed by atoms with Crippen LogP contribution in [0, 0.1) is 0 Å². The van der Waals surface area contributed by atoms with Crippen molar-refractivity contribution in [1.82, 2.24) is 4.31 Å². The Morgan fingerprint density at radius 3 is 2.72 bits per heavy atom. The van der Waals surface area contributed by atoms with Crippen molar-refractivity contribution in [2.75, 3.05) is 0 Å². The highest BCUT2D eigenvalue weighted by Gasteiger charge is 2.32. The second kappa shape index (κ2) is 7.37. The molecule has 25 heavy (non-hydrogen) atoms. The number of amides is 1. The summed E-state index contributed by atoms with van der Waals surface area (Å²) in [5.74, 6) is 0.794. The normalized spacial score (nSPS) is 14.6. The van der Waals surface area contributed by atoms with Crippen LogP contribution < -0.4 is 4.74 Å². The van der Waals surface area contributed by atoms with Crippen LogP contribution in [0.25, 0.3) is 0 Å². The zero-order valence-electron chi connectivity index (χ0n) is 14.3. The Balaban J connectivity index is 1.65. The van der Waals surface area contributed by atoms with Crippen LogP contribution in [0.15, 0.2) is 48.5 Å². The van der Waals surface area contributed by atoms with Gasteiger partial charge in [0.2, 0.25) is 0 Å². The molecule has 0 spiro atoms. The van der Waals surface area contributed by atoms with Gasteiger partial charge in [0.25, 0.3) is 0 Å². The fraction of sp³-hybridized carbons (Fsp3) is 0.316. The number of ether oxygens (including phenoxy) is 1. The predicted octanol–water partition coefficient (Wildman–Crippen LogP) is 4.66. The third-order valence-corrected chi connectivity index (χ3v) is 4.60. The van der Waals surface area contributed by atoms with E-state index in [4.69, 9.17) is 8.92 Å². The van der Waals surface area contributed by atoms with Crippen LogP contribution in [-0.4, -0.2) is 21.1 Å². The predicted molar refractivity (Wildman–Crippen MR) is 97.2 cm³/mol. The van der Waals surface area contributed by atoms with Gasteiger partial charge in [0, 0.05) is 12.0 Å². The van der Waals surface area contributed by atoms with Crippen molar-refractivity contribution in [2.24, 2.45) is 0 Å². The molecule has 1 aliphatic rings. The number of para-hydroxylation sites is 1. The summed E-state index contributed by atoms with van der Waals surface area (Å²) in [6.45, 7) is 4.60. The van der Waals surface area contributed by atoms with Gasteiger partial charge in [-0.1, -0.05) is 48.5 Å². The van der Waals surface area contributed by atoms with Crippen molar-refractivity contribution in [3.05, 3.63) is 65.2 Å². The standard InChI is InChI=1S/C19H21NO4S/c1-19(2)11-15-9-6-10-16(17(15)24-19)12-20(18(21)22)25-23-13-14-7-4-3-5-8-14/h3-10H,11-13H2,1-2H3,(H,21,22). The van der Waals surface area contributed by atoms with Gasteiger partial charge in [0.15, 0.2) is 0 Å². The minimum absolute atomic E-state index is 0.202. The molecule has 0 saturated carbocycles. The number of benzene rings is 2. The highest BCUT2D eigenvalue weighted by atomic mass is 32.2. The molecular weight excluding hydrogens is 338 g/mol. The number of hydrogen-bond donors (Lipinski definition) is 1. The van der Waals surface area contributed by atoms with Gasteiger partial charge in [0.1, 0.15) is 23.6 Å². The fourth-order valence-corrected chi connectivity index (χ4v) is 3.39.